The summed E-state index contributed by atoms with van der Waals surface area (Å²) in [5.41, 5.74) is 0. The molecule has 0 radical (unpaired) electrons. The Labute approximate surface area is 133 Å². The number of thioether (sulfide) groups is 1. The Hall–Kier alpha value is -0.460. The molecular weight excluding hydrogens is 284 g/mol. The van der Waals surface area contributed by atoms with E-state index in [-0.39, 0.29) is 0 Å². The lowest BCUT2D eigenvalue weighted by Gasteiger charge is -2.31. The molecule has 6 heteroatoms. The fourth-order valence-corrected chi connectivity index (χ4v) is 3.92. The van der Waals surface area contributed by atoms with Crippen molar-refractivity contribution in [3.8, 4) is 0 Å². The van der Waals surface area contributed by atoms with E-state index in [9.17, 15) is 0 Å². The van der Waals surface area contributed by atoms with Gasteiger partial charge in [0.2, 0.25) is 0 Å². The van der Waals surface area contributed by atoms with Crippen molar-refractivity contribution in [3.05, 3.63) is 0 Å². The minimum Gasteiger partial charge on any atom is -0.379 e. The first-order chi connectivity index (χ1) is 10.3. The van der Waals surface area contributed by atoms with Crippen LogP contribution in [0.4, 0.5) is 0 Å². The molecule has 2 aliphatic heterocycles. The van der Waals surface area contributed by atoms with Gasteiger partial charge >= 0.3 is 0 Å². The van der Waals surface area contributed by atoms with Crippen molar-refractivity contribution in [1.29, 1.82) is 0 Å². The molecule has 0 saturated carbocycles. The van der Waals surface area contributed by atoms with Crippen molar-refractivity contribution < 1.29 is 4.74 Å². The monoisotopic (exact) mass is 314 g/mol. The first kappa shape index (κ1) is 16.9. The van der Waals surface area contributed by atoms with E-state index in [1.807, 2.05) is 0 Å². The normalized spacial score (nSPS) is 25.8. The van der Waals surface area contributed by atoms with Gasteiger partial charge in [0.15, 0.2) is 5.96 Å². The average molecular weight is 314 g/mol. The smallest absolute Gasteiger partial charge is 0.191 e. The third kappa shape index (κ3) is 6.04. The molecule has 21 heavy (non-hydrogen) atoms. The molecule has 2 unspecified atom stereocenters. The van der Waals surface area contributed by atoms with Crippen LogP contribution in [0.15, 0.2) is 4.99 Å². The Morgan fingerprint density at radius 3 is 2.86 bits per heavy atom. The van der Waals surface area contributed by atoms with Crippen LogP contribution in [0, 0.1) is 0 Å². The molecule has 0 spiro atoms. The van der Waals surface area contributed by atoms with Gasteiger partial charge in [0.05, 0.1) is 19.8 Å². The van der Waals surface area contributed by atoms with Crippen LogP contribution in [-0.4, -0.2) is 73.8 Å². The van der Waals surface area contributed by atoms with E-state index in [0.29, 0.717) is 6.04 Å². The minimum atomic E-state index is 0.477. The summed E-state index contributed by atoms with van der Waals surface area (Å²) in [4.78, 5) is 7.21. The number of aliphatic imine (C=N–C) groups is 1. The lowest BCUT2D eigenvalue weighted by molar-refractivity contribution is 0.0220. The van der Waals surface area contributed by atoms with Crippen LogP contribution in [0.2, 0.25) is 0 Å². The molecule has 2 fully saturated rings. The largest absolute Gasteiger partial charge is 0.379 e. The summed E-state index contributed by atoms with van der Waals surface area (Å²) in [6.07, 6.45) is 2.69. The van der Waals surface area contributed by atoms with Crippen LogP contribution in [0.5, 0.6) is 0 Å². The van der Waals surface area contributed by atoms with Crippen molar-refractivity contribution in [1.82, 2.24) is 15.5 Å². The highest BCUT2D eigenvalue weighted by Gasteiger charge is 2.17. The van der Waals surface area contributed by atoms with Crippen molar-refractivity contribution >= 4 is 17.7 Å². The number of rotatable bonds is 6. The lowest BCUT2D eigenvalue weighted by Crippen LogP contribution is -2.45. The second-order valence-corrected chi connectivity index (χ2v) is 7.14. The minimum absolute atomic E-state index is 0.477. The molecule has 0 aliphatic carbocycles. The van der Waals surface area contributed by atoms with Gasteiger partial charge in [0.25, 0.3) is 0 Å². The van der Waals surface area contributed by atoms with E-state index < -0.39 is 0 Å². The second kappa shape index (κ2) is 9.54. The summed E-state index contributed by atoms with van der Waals surface area (Å²) >= 11 is 2.08. The molecular formula is C15H30N4OS. The second-order valence-electron chi connectivity index (χ2n) is 5.73. The molecule has 5 nitrogen and oxygen atoms in total. The van der Waals surface area contributed by atoms with E-state index in [0.717, 1.165) is 57.1 Å². The highest BCUT2D eigenvalue weighted by Crippen LogP contribution is 2.25. The maximum absolute atomic E-state index is 5.41. The van der Waals surface area contributed by atoms with E-state index in [2.05, 4.69) is 41.1 Å². The first-order valence-electron chi connectivity index (χ1n) is 8.25. The molecule has 2 rings (SSSR count). The van der Waals surface area contributed by atoms with E-state index >= 15 is 0 Å². The van der Waals surface area contributed by atoms with Crippen LogP contribution in [-0.2, 0) is 4.74 Å². The number of hydrogen-bond acceptors (Lipinski definition) is 4. The highest BCUT2D eigenvalue weighted by molar-refractivity contribution is 8.00. The Morgan fingerprint density at radius 2 is 2.19 bits per heavy atom. The van der Waals surface area contributed by atoms with Gasteiger partial charge in [0, 0.05) is 37.5 Å². The molecule has 0 aromatic rings. The molecule has 122 valence electrons. The molecule has 0 aromatic heterocycles. The zero-order valence-electron chi connectivity index (χ0n) is 13.4. The van der Waals surface area contributed by atoms with Gasteiger partial charge in [0.1, 0.15) is 0 Å². The van der Waals surface area contributed by atoms with E-state index in [1.165, 1.54) is 18.6 Å². The maximum Gasteiger partial charge on any atom is 0.191 e. The zero-order chi connectivity index (χ0) is 14.9. The molecule has 2 aliphatic rings. The summed E-state index contributed by atoms with van der Waals surface area (Å²) in [5, 5.41) is 7.60. The molecule has 2 N–H and O–H groups in total. The summed E-state index contributed by atoms with van der Waals surface area (Å²) in [6, 6.07) is 0.477. The molecule has 2 saturated heterocycles. The predicted octanol–water partition coefficient (Wildman–Crippen LogP) is 1.16. The van der Waals surface area contributed by atoms with E-state index in [4.69, 9.17) is 9.73 Å². The van der Waals surface area contributed by atoms with Gasteiger partial charge in [-0.2, -0.15) is 11.8 Å². The third-order valence-corrected chi connectivity index (χ3v) is 5.45. The molecule has 0 aromatic carbocycles. The van der Waals surface area contributed by atoms with Gasteiger partial charge in [-0.1, -0.05) is 0 Å². The average Bonchev–Trinajstić information content (AvgIpc) is 3.04. The lowest BCUT2D eigenvalue weighted by atomic mass is 10.2. The number of nitrogens with one attached hydrogen (secondary N) is 2. The number of hydrogen-bond donors (Lipinski definition) is 2. The van der Waals surface area contributed by atoms with Gasteiger partial charge in [-0.25, -0.2) is 0 Å². The third-order valence-electron chi connectivity index (χ3n) is 4.05. The standard InChI is InChI=1S/C15H30N4OS/c1-3-16-15(18-12-14-5-4-10-21-14)17-11-13(2)19-6-8-20-9-7-19/h13-14H,3-12H2,1-2H3,(H2,16,17,18). The fraction of sp³-hybridized carbons (Fsp3) is 0.933. The Bertz CT molecular complexity index is 315. The molecule has 2 atom stereocenters. The first-order valence-corrected chi connectivity index (χ1v) is 9.30. The van der Waals surface area contributed by atoms with Crippen LogP contribution in [0.3, 0.4) is 0 Å². The SMILES string of the molecule is CCNC(=NCC(C)N1CCOCC1)NCC1CCCS1. The van der Waals surface area contributed by atoms with Crippen LogP contribution >= 0.6 is 11.8 Å². The fourth-order valence-electron chi connectivity index (χ4n) is 2.71. The van der Waals surface area contributed by atoms with Crippen molar-refractivity contribution in [2.24, 2.45) is 4.99 Å². The summed E-state index contributed by atoms with van der Waals surface area (Å²) in [6.45, 7) is 10.9. The Morgan fingerprint density at radius 1 is 1.38 bits per heavy atom. The van der Waals surface area contributed by atoms with Crippen molar-refractivity contribution in [2.45, 2.75) is 38.0 Å². The maximum atomic E-state index is 5.41. The van der Waals surface area contributed by atoms with Crippen LogP contribution in [0.1, 0.15) is 26.7 Å². The van der Waals surface area contributed by atoms with Crippen molar-refractivity contribution in [3.63, 3.8) is 0 Å². The number of morpholine rings is 1. The number of ether oxygens (including phenoxy) is 1. The van der Waals surface area contributed by atoms with Crippen LogP contribution < -0.4 is 10.6 Å². The predicted molar refractivity (Wildman–Crippen MR) is 91.3 cm³/mol. The van der Waals surface area contributed by atoms with Gasteiger partial charge in [-0.15, -0.1) is 0 Å². The molecule has 2 heterocycles. The molecule has 0 bridgehead atoms. The molecule has 0 amide bonds. The van der Waals surface area contributed by atoms with Gasteiger partial charge in [-0.05, 0) is 32.4 Å². The van der Waals surface area contributed by atoms with E-state index in [1.54, 1.807) is 0 Å². The summed E-state index contributed by atoms with van der Waals surface area (Å²) in [5.74, 6) is 2.28. The zero-order valence-corrected chi connectivity index (χ0v) is 14.3. The van der Waals surface area contributed by atoms with Gasteiger partial charge in [-0.3, -0.25) is 9.89 Å². The number of guanidine groups is 1. The highest BCUT2D eigenvalue weighted by atomic mass is 32.2. The topological polar surface area (TPSA) is 48.9 Å². The van der Waals surface area contributed by atoms with Crippen LogP contribution in [0.25, 0.3) is 0 Å². The summed E-state index contributed by atoms with van der Waals surface area (Å²) < 4.78 is 5.41. The Balaban J connectivity index is 1.75. The Kier molecular flexibility index (Phi) is 7.68. The summed E-state index contributed by atoms with van der Waals surface area (Å²) in [7, 11) is 0. The quantitative estimate of drug-likeness (QED) is 0.569. The number of nitrogens with zero attached hydrogens (tertiary/aromatic N) is 2. The van der Waals surface area contributed by atoms with Gasteiger partial charge < -0.3 is 15.4 Å². The van der Waals surface area contributed by atoms with Crippen molar-refractivity contribution in [2.75, 3.05) is 51.7 Å².